The van der Waals surface area contributed by atoms with Crippen LogP contribution in [0.5, 0.6) is 0 Å². The first kappa shape index (κ1) is 12.5. The molecule has 1 saturated carbocycles. The van der Waals surface area contributed by atoms with Crippen molar-refractivity contribution in [2.45, 2.75) is 43.3 Å². The van der Waals surface area contributed by atoms with Gasteiger partial charge < -0.3 is 5.32 Å². The molecule has 7 heteroatoms. The van der Waals surface area contributed by atoms with Crippen molar-refractivity contribution in [2.75, 3.05) is 7.05 Å². The van der Waals surface area contributed by atoms with Gasteiger partial charge in [-0.2, -0.15) is 5.10 Å². The molecule has 0 atom stereocenters. The zero-order valence-electron chi connectivity index (χ0n) is 10.1. The van der Waals surface area contributed by atoms with Crippen LogP contribution in [-0.4, -0.2) is 31.2 Å². The molecule has 0 spiro atoms. The third-order valence-electron chi connectivity index (χ3n) is 3.15. The Morgan fingerprint density at radius 2 is 2.24 bits per heavy atom. The maximum atomic E-state index is 12.2. The van der Waals surface area contributed by atoms with E-state index in [0.717, 1.165) is 19.3 Å². The molecule has 1 aliphatic carbocycles. The van der Waals surface area contributed by atoms with Crippen molar-refractivity contribution in [3.63, 3.8) is 0 Å². The van der Waals surface area contributed by atoms with Crippen LogP contribution in [0.25, 0.3) is 0 Å². The topological polar surface area (TPSA) is 86.9 Å². The van der Waals surface area contributed by atoms with Gasteiger partial charge >= 0.3 is 0 Å². The third-order valence-corrected chi connectivity index (χ3v) is 4.80. The van der Waals surface area contributed by atoms with Gasteiger partial charge in [-0.15, -0.1) is 0 Å². The Kier molecular flexibility index (Phi) is 3.24. The minimum Gasteiger partial charge on any atom is -0.316 e. The first-order valence-corrected chi connectivity index (χ1v) is 7.16. The number of aromatic amines is 1. The van der Waals surface area contributed by atoms with Gasteiger partial charge in [-0.1, -0.05) is 0 Å². The summed E-state index contributed by atoms with van der Waals surface area (Å²) in [4.78, 5) is 0. The highest BCUT2D eigenvalue weighted by Gasteiger charge is 2.37. The van der Waals surface area contributed by atoms with E-state index in [4.69, 9.17) is 0 Å². The predicted octanol–water partition coefficient (Wildman–Crippen LogP) is 0.350. The molecule has 0 amide bonds. The number of hydrogen-bond donors (Lipinski definition) is 3. The number of aromatic nitrogens is 2. The van der Waals surface area contributed by atoms with Crippen LogP contribution in [0, 0.1) is 0 Å². The Hall–Kier alpha value is -0.920. The number of H-pyrrole nitrogens is 1. The van der Waals surface area contributed by atoms with Gasteiger partial charge in [0, 0.05) is 17.6 Å². The van der Waals surface area contributed by atoms with Crippen LogP contribution < -0.4 is 10.0 Å². The van der Waals surface area contributed by atoms with Crippen molar-refractivity contribution in [1.82, 2.24) is 20.2 Å². The SMILES string of the molecule is CNCc1cn[nH]c1S(=O)(=O)NC1(C)CCC1. The van der Waals surface area contributed by atoms with E-state index < -0.39 is 10.0 Å². The Morgan fingerprint density at radius 3 is 2.76 bits per heavy atom. The van der Waals surface area contributed by atoms with Crippen molar-refractivity contribution in [2.24, 2.45) is 0 Å². The molecule has 96 valence electrons. The quantitative estimate of drug-likeness (QED) is 0.711. The summed E-state index contributed by atoms with van der Waals surface area (Å²) < 4.78 is 27.1. The second-order valence-corrected chi connectivity index (χ2v) is 6.39. The normalized spacial score (nSPS) is 18.9. The zero-order chi connectivity index (χ0) is 12.5. The van der Waals surface area contributed by atoms with E-state index in [1.54, 1.807) is 7.05 Å². The van der Waals surface area contributed by atoms with Gasteiger partial charge in [0.25, 0.3) is 10.0 Å². The number of sulfonamides is 1. The fraction of sp³-hybridized carbons (Fsp3) is 0.700. The second kappa shape index (κ2) is 4.40. The molecule has 0 aliphatic heterocycles. The number of rotatable bonds is 5. The Balaban J connectivity index is 2.22. The van der Waals surface area contributed by atoms with E-state index in [1.807, 2.05) is 6.92 Å². The van der Waals surface area contributed by atoms with Crippen LogP contribution in [0.1, 0.15) is 31.7 Å². The summed E-state index contributed by atoms with van der Waals surface area (Å²) in [6.07, 6.45) is 4.39. The fourth-order valence-corrected chi connectivity index (χ4v) is 3.63. The van der Waals surface area contributed by atoms with Gasteiger partial charge in [0.1, 0.15) is 0 Å². The van der Waals surface area contributed by atoms with Gasteiger partial charge in [-0.3, -0.25) is 5.10 Å². The van der Waals surface area contributed by atoms with Crippen LogP contribution in [0.2, 0.25) is 0 Å². The van der Waals surface area contributed by atoms with E-state index in [0.29, 0.717) is 12.1 Å². The maximum Gasteiger partial charge on any atom is 0.258 e. The van der Waals surface area contributed by atoms with Crippen LogP contribution in [0.4, 0.5) is 0 Å². The Labute approximate surface area is 101 Å². The molecule has 3 N–H and O–H groups in total. The first-order valence-electron chi connectivity index (χ1n) is 5.68. The monoisotopic (exact) mass is 258 g/mol. The lowest BCUT2D eigenvalue weighted by Gasteiger charge is -2.38. The molecule has 0 unspecified atom stereocenters. The second-order valence-electron chi connectivity index (χ2n) is 4.77. The number of nitrogens with one attached hydrogen (secondary N) is 3. The fourth-order valence-electron chi connectivity index (χ4n) is 2.03. The Morgan fingerprint density at radius 1 is 1.53 bits per heavy atom. The minimum atomic E-state index is -3.50. The van der Waals surface area contributed by atoms with Crippen LogP contribution >= 0.6 is 0 Å². The molecular weight excluding hydrogens is 240 g/mol. The molecule has 1 fully saturated rings. The summed E-state index contributed by atoms with van der Waals surface area (Å²) in [7, 11) is -1.73. The van der Waals surface area contributed by atoms with Crippen LogP contribution in [0.15, 0.2) is 11.2 Å². The maximum absolute atomic E-state index is 12.2. The lowest BCUT2D eigenvalue weighted by molar-refractivity contribution is 0.247. The van der Waals surface area contributed by atoms with Crippen molar-refractivity contribution in [3.8, 4) is 0 Å². The molecule has 0 aromatic carbocycles. The number of hydrogen-bond acceptors (Lipinski definition) is 4. The molecule has 1 aliphatic rings. The largest absolute Gasteiger partial charge is 0.316 e. The van der Waals surface area contributed by atoms with E-state index >= 15 is 0 Å². The summed E-state index contributed by atoms with van der Waals surface area (Å²) in [6, 6.07) is 0. The summed E-state index contributed by atoms with van der Waals surface area (Å²) in [6.45, 7) is 2.41. The standard InChI is InChI=1S/C10H18N4O2S/c1-10(4-3-5-10)14-17(15,16)9-8(6-11-2)7-12-13-9/h7,11,14H,3-6H2,1-2H3,(H,12,13). The van der Waals surface area contributed by atoms with E-state index in [-0.39, 0.29) is 10.6 Å². The average molecular weight is 258 g/mol. The molecule has 0 bridgehead atoms. The van der Waals surface area contributed by atoms with Crippen molar-refractivity contribution in [3.05, 3.63) is 11.8 Å². The number of nitrogens with zero attached hydrogens (tertiary/aromatic N) is 1. The molecule has 1 aromatic heterocycles. The Bertz CT molecular complexity index is 490. The van der Waals surface area contributed by atoms with Crippen molar-refractivity contribution >= 4 is 10.0 Å². The highest BCUT2D eigenvalue weighted by molar-refractivity contribution is 7.89. The molecule has 1 aromatic rings. The smallest absolute Gasteiger partial charge is 0.258 e. The third kappa shape index (κ3) is 2.51. The molecule has 6 nitrogen and oxygen atoms in total. The summed E-state index contributed by atoms with van der Waals surface area (Å²) in [5.41, 5.74) is 0.365. The summed E-state index contributed by atoms with van der Waals surface area (Å²) in [5.74, 6) is 0. The summed E-state index contributed by atoms with van der Waals surface area (Å²) in [5, 5.41) is 9.45. The average Bonchev–Trinajstić information content (AvgIpc) is 2.64. The first-order chi connectivity index (χ1) is 7.97. The lowest BCUT2D eigenvalue weighted by atomic mass is 9.80. The van der Waals surface area contributed by atoms with E-state index in [2.05, 4.69) is 20.2 Å². The molecule has 0 radical (unpaired) electrons. The zero-order valence-corrected chi connectivity index (χ0v) is 10.9. The molecule has 1 heterocycles. The van der Waals surface area contributed by atoms with Crippen molar-refractivity contribution < 1.29 is 8.42 Å². The van der Waals surface area contributed by atoms with Gasteiger partial charge in [0.05, 0.1) is 6.20 Å². The van der Waals surface area contributed by atoms with Gasteiger partial charge in [0.2, 0.25) is 0 Å². The summed E-state index contributed by atoms with van der Waals surface area (Å²) >= 11 is 0. The van der Waals surface area contributed by atoms with Gasteiger partial charge in [0.15, 0.2) is 5.03 Å². The van der Waals surface area contributed by atoms with Crippen LogP contribution in [-0.2, 0) is 16.6 Å². The molecule has 2 rings (SSSR count). The molecule has 0 saturated heterocycles. The van der Waals surface area contributed by atoms with E-state index in [9.17, 15) is 8.42 Å². The predicted molar refractivity (Wildman–Crippen MR) is 63.9 cm³/mol. The highest BCUT2D eigenvalue weighted by atomic mass is 32.2. The van der Waals surface area contributed by atoms with E-state index in [1.165, 1.54) is 6.20 Å². The lowest BCUT2D eigenvalue weighted by Crippen LogP contribution is -2.51. The van der Waals surface area contributed by atoms with Gasteiger partial charge in [-0.25, -0.2) is 13.1 Å². The minimum absolute atomic E-state index is 0.167. The highest BCUT2D eigenvalue weighted by Crippen LogP contribution is 2.32. The van der Waals surface area contributed by atoms with Crippen molar-refractivity contribution in [1.29, 1.82) is 0 Å². The van der Waals surface area contributed by atoms with Gasteiger partial charge in [-0.05, 0) is 33.2 Å². The molecule has 17 heavy (non-hydrogen) atoms. The molecular formula is C10H18N4O2S. The van der Waals surface area contributed by atoms with Crippen LogP contribution in [0.3, 0.4) is 0 Å².